The molecule has 0 unspecified atom stereocenters. The van der Waals surface area contributed by atoms with Crippen LogP contribution in [0, 0.1) is 6.92 Å². The maximum atomic E-state index is 12.7. The smallest absolute Gasteiger partial charge is 0.256 e. The zero-order valence-electron chi connectivity index (χ0n) is 13.6. The van der Waals surface area contributed by atoms with Crippen molar-refractivity contribution in [3.05, 3.63) is 48.0 Å². The molecule has 1 N–H and O–H groups in total. The molecule has 0 saturated carbocycles. The van der Waals surface area contributed by atoms with Crippen molar-refractivity contribution in [3.63, 3.8) is 0 Å². The Hall–Kier alpha value is -1.65. The van der Waals surface area contributed by atoms with Gasteiger partial charge >= 0.3 is 0 Å². The van der Waals surface area contributed by atoms with Crippen LogP contribution in [0.15, 0.2) is 36.9 Å². The average molecular weight is 302 g/mol. The van der Waals surface area contributed by atoms with Gasteiger partial charge in [0.25, 0.3) is 5.91 Å². The summed E-state index contributed by atoms with van der Waals surface area (Å²) < 4.78 is 0. The molecule has 1 aliphatic rings. The second-order valence-corrected chi connectivity index (χ2v) is 6.34. The molecule has 1 fully saturated rings. The van der Waals surface area contributed by atoms with Crippen molar-refractivity contribution in [1.29, 1.82) is 0 Å². The van der Waals surface area contributed by atoms with Gasteiger partial charge in [-0.1, -0.05) is 35.9 Å². The lowest BCUT2D eigenvalue weighted by Gasteiger charge is -2.40. The third-order valence-electron chi connectivity index (χ3n) is 4.13. The molecule has 2 rings (SSSR count). The first-order chi connectivity index (χ1) is 10.4. The van der Waals surface area contributed by atoms with E-state index in [4.69, 9.17) is 0 Å². The zero-order chi connectivity index (χ0) is 16.2. The van der Waals surface area contributed by atoms with Crippen LogP contribution in [0.3, 0.4) is 0 Å². The number of likely N-dealkylation sites (N-methyl/N-ethyl adjacent to an activating group) is 1. The molecule has 1 atom stereocenters. The molecule has 0 aliphatic carbocycles. The average Bonchev–Trinajstić information content (AvgIpc) is 2.44. The third-order valence-corrected chi connectivity index (χ3v) is 4.13. The highest BCUT2D eigenvalue weighted by molar-refractivity contribution is 5.86. The van der Waals surface area contributed by atoms with E-state index in [0.29, 0.717) is 32.6 Å². The number of amides is 1. The molecule has 0 bridgehead atoms. The second kappa shape index (κ2) is 7.07. The van der Waals surface area contributed by atoms with Gasteiger partial charge in [0.15, 0.2) is 5.60 Å². The Bertz CT molecular complexity index is 544. The lowest BCUT2D eigenvalue weighted by atomic mass is 9.90. The third kappa shape index (κ3) is 3.96. The summed E-state index contributed by atoms with van der Waals surface area (Å²) in [7, 11) is 1.90. The van der Waals surface area contributed by atoms with Gasteiger partial charge in [0.2, 0.25) is 0 Å². The van der Waals surface area contributed by atoms with Gasteiger partial charge in [-0.15, -0.1) is 6.58 Å². The van der Waals surface area contributed by atoms with Crippen LogP contribution < -0.4 is 0 Å². The molecule has 1 aromatic rings. The maximum absolute atomic E-state index is 12.7. The van der Waals surface area contributed by atoms with E-state index in [0.717, 1.165) is 12.0 Å². The highest BCUT2D eigenvalue weighted by Crippen LogP contribution is 2.25. The lowest BCUT2D eigenvalue weighted by molar-refractivity contribution is -0.159. The van der Waals surface area contributed by atoms with E-state index in [1.165, 1.54) is 5.56 Å². The van der Waals surface area contributed by atoms with Crippen LogP contribution in [0.2, 0.25) is 0 Å². The van der Waals surface area contributed by atoms with Gasteiger partial charge in [0.05, 0.1) is 0 Å². The number of aliphatic hydroxyl groups is 1. The van der Waals surface area contributed by atoms with Crippen molar-refractivity contribution >= 4 is 5.91 Å². The summed E-state index contributed by atoms with van der Waals surface area (Å²) in [5.74, 6) is -0.156. The van der Waals surface area contributed by atoms with Crippen molar-refractivity contribution < 1.29 is 9.90 Å². The summed E-state index contributed by atoms with van der Waals surface area (Å²) in [5.41, 5.74) is 1.01. The first kappa shape index (κ1) is 16.7. The molecule has 1 saturated heterocycles. The van der Waals surface area contributed by atoms with Crippen molar-refractivity contribution in [3.8, 4) is 0 Å². The van der Waals surface area contributed by atoms with Crippen molar-refractivity contribution in [2.45, 2.75) is 31.9 Å². The van der Waals surface area contributed by atoms with Gasteiger partial charge in [-0.2, -0.15) is 0 Å². The van der Waals surface area contributed by atoms with E-state index < -0.39 is 5.60 Å². The predicted molar refractivity (Wildman–Crippen MR) is 88.5 cm³/mol. The number of carbonyl (C=O) groups excluding carboxylic acids is 1. The van der Waals surface area contributed by atoms with Gasteiger partial charge in [-0.25, -0.2) is 0 Å². The summed E-state index contributed by atoms with van der Waals surface area (Å²) in [6.45, 7) is 8.02. The van der Waals surface area contributed by atoms with Crippen LogP contribution in [0.25, 0.3) is 0 Å². The first-order valence-electron chi connectivity index (χ1n) is 7.81. The minimum Gasteiger partial charge on any atom is -0.379 e. The molecular weight excluding hydrogens is 276 g/mol. The van der Waals surface area contributed by atoms with Crippen LogP contribution in [-0.2, 0) is 11.3 Å². The van der Waals surface area contributed by atoms with Crippen LogP contribution in [0.1, 0.15) is 24.0 Å². The highest BCUT2D eigenvalue weighted by atomic mass is 16.3. The van der Waals surface area contributed by atoms with E-state index in [2.05, 4.69) is 12.6 Å². The van der Waals surface area contributed by atoms with Gasteiger partial charge in [-0.05, 0) is 32.4 Å². The number of aryl methyl sites for hydroxylation is 1. The Labute approximate surface area is 133 Å². The Morgan fingerprint density at radius 2 is 2.27 bits per heavy atom. The Kier molecular flexibility index (Phi) is 5.37. The molecule has 1 aromatic carbocycles. The summed E-state index contributed by atoms with van der Waals surface area (Å²) in [5, 5.41) is 10.8. The van der Waals surface area contributed by atoms with Crippen LogP contribution in [0.5, 0.6) is 0 Å². The molecular formula is C18H26N2O2. The van der Waals surface area contributed by atoms with Gasteiger partial charge in [-0.3, -0.25) is 9.69 Å². The summed E-state index contributed by atoms with van der Waals surface area (Å²) in [4.78, 5) is 16.4. The predicted octanol–water partition coefficient (Wildman–Crippen LogP) is 1.97. The van der Waals surface area contributed by atoms with Crippen molar-refractivity contribution in [2.24, 2.45) is 0 Å². The zero-order valence-corrected chi connectivity index (χ0v) is 13.6. The summed E-state index contributed by atoms with van der Waals surface area (Å²) >= 11 is 0. The molecule has 0 aromatic heterocycles. The molecule has 1 amide bonds. The van der Waals surface area contributed by atoms with E-state index in [-0.39, 0.29) is 5.91 Å². The molecule has 22 heavy (non-hydrogen) atoms. The van der Waals surface area contributed by atoms with Crippen molar-refractivity contribution in [1.82, 2.24) is 9.80 Å². The Morgan fingerprint density at radius 1 is 1.50 bits per heavy atom. The monoisotopic (exact) mass is 302 g/mol. The SMILES string of the molecule is C=CCN(C)C[C@]1(O)CCCN(Cc2cccc(C)c2)C1=O. The van der Waals surface area contributed by atoms with Gasteiger partial charge in [0, 0.05) is 26.2 Å². The summed E-state index contributed by atoms with van der Waals surface area (Å²) in [6.07, 6.45) is 3.13. The first-order valence-corrected chi connectivity index (χ1v) is 7.81. The number of carbonyl (C=O) groups is 1. The Balaban J connectivity index is 2.07. The van der Waals surface area contributed by atoms with E-state index in [9.17, 15) is 9.90 Å². The number of rotatable bonds is 6. The minimum atomic E-state index is -1.28. The second-order valence-electron chi connectivity index (χ2n) is 6.34. The number of likely N-dealkylation sites (tertiary alicyclic amines) is 1. The fourth-order valence-corrected chi connectivity index (χ4v) is 3.13. The summed E-state index contributed by atoms with van der Waals surface area (Å²) in [6, 6.07) is 8.16. The van der Waals surface area contributed by atoms with E-state index in [1.54, 1.807) is 11.0 Å². The maximum Gasteiger partial charge on any atom is 0.256 e. The van der Waals surface area contributed by atoms with E-state index >= 15 is 0 Å². The lowest BCUT2D eigenvalue weighted by Crippen LogP contribution is -2.57. The largest absolute Gasteiger partial charge is 0.379 e. The fraction of sp³-hybridized carbons (Fsp3) is 0.500. The van der Waals surface area contributed by atoms with E-state index in [1.807, 2.05) is 37.1 Å². The molecule has 1 heterocycles. The number of hydrogen-bond acceptors (Lipinski definition) is 3. The quantitative estimate of drug-likeness (QED) is 0.817. The van der Waals surface area contributed by atoms with Gasteiger partial charge < -0.3 is 10.0 Å². The number of benzene rings is 1. The number of piperidine rings is 1. The minimum absolute atomic E-state index is 0.156. The number of hydrogen-bond donors (Lipinski definition) is 1. The molecule has 4 nitrogen and oxygen atoms in total. The van der Waals surface area contributed by atoms with Crippen molar-refractivity contribution in [2.75, 3.05) is 26.7 Å². The molecule has 0 spiro atoms. The molecule has 0 radical (unpaired) electrons. The standard InChI is InChI=1S/C18H26N2O2/c1-4-10-19(3)14-18(22)9-6-11-20(17(18)21)13-16-8-5-7-15(2)12-16/h4-5,7-8,12,22H,1,6,9-11,13-14H2,2-3H3/t18-/m1/s1. The van der Waals surface area contributed by atoms with Crippen LogP contribution in [-0.4, -0.2) is 53.1 Å². The molecule has 120 valence electrons. The fourth-order valence-electron chi connectivity index (χ4n) is 3.13. The Morgan fingerprint density at radius 3 is 2.95 bits per heavy atom. The highest BCUT2D eigenvalue weighted by Gasteiger charge is 2.42. The van der Waals surface area contributed by atoms with Gasteiger partial charge in [0.1, 0.15) is 0 Å². The number of nitrogens with zero attached hydrogens (tertiary/aromatic N) is 2. The molecule has 1 aliphatic heterocycles. The topological polar surface area (TPSA) is 43.8 Å². The normalized spacial score (nSPS) is 22.2. The van der Waals surface area contributed by atoms with Crippen LogP contribution >= 0.6 is 0 Å². The molecule has 4 heteroatoms. The van der Waals surface area contributed by atoms with Crippen LogP contribution in [0.4, 0.5) is 0 Å².